The first-order valence-electron chi connectivity index (χ1n) is 12.3. The molecule has 0 bridgehead atoms. The van der Waals surface area contributed by atoms with Crippen LogP contribution in [-0.2, 0) is 6.54 Å². The Balaban J connectivity index is 1.18. The summed E-state index contributed by atoms with van der Waals surface area (Å²) in [5.74, 6) is 0.686. The van der Waals surface area contributed by atoms with Crippen molar-refractivity contribution in [3.05, 3.63) is 95.3 Å². The standard InChI is InChI=1S/C29H25N7O2/c1-17-7-8-21(30-11-9-17)22-10-12-31-29(36-22)33-20-13-18(2)27-19(14-20)15-24(35-27)28(37)32-16-26-34-23-5-3-4-6-25(23)38-26/h3-6,8-15,35H,7,16H2,1-2H3,(H,32,37)(H,31,33,36). The van der Waals surface area contributed by atoms with Crippen LogP contribution in [0.3, 0.4) is 0 Å². The van der Waals surface area contributed by atoms with Crippen LogP contribution >= 0.6 is 0 Å². The molecule has 0 radical (unpaired) electrons. The summed E-state index contributed by atoms with van der Waals surface area (Å²) in [5.41, 5.74) is 7.41. The number of allylic oxidation sites excluding steroid dienone is 3. The van der Waals surface area contributed by atoms with E-state index in [9.17, 15) is 4.79 Å². The second-order valence-electron chi connectivity index (χ2n) is 9.17. The van der Waals surface area contributed by atoms with Crippen molar-refractivity contribution in [3.63, 3.8) is 0 Å². The van der Waals surface area contributed by atoms with Crippen LogP contribution in [0.1, 0.15) is 41.0 Å². The highest BCUT2D eigenvalue weighted by atomic mass is 16.3. The number of hydrogen-bond donors (Lipinski definition) is 3. The fourth-order valence-electron chi connectivity index (χ4n) is 4.35. The van der Waals surface area contributed by atoms with Crippen molar-refractivity contribution in [2.45, 2.75) is 26.8 Å². The lowest BCUT2D eigenvalue weighted by molar-refractivity contribution is 0.0943. The van der Waals surface area contributed by atoms with Gasteiger partial charge in [-0.05, 0) is 68.3 Å². The molecule has 0 aliphatic carbocycles. The van der Waals surface area contributed by atoms with Crippen LogP contribution in [0.15, 0.2) is 81.9 Å². The minimum Gasteiger partial charge on any atom is -0.439 e. The number of aromatic nitrogens is 4. The lowest BCUT2D eigenvalue weighted by atomic mass is 10.1. The van der Waals surface area contributed by atoms with Crippen LogP contribution in [0.5, 0.6) is 0 Å². The average Bonchev–Trinajstić information content (AvgIpc) is 3.47. The first-order chi connectivity index (χ1) is 18.5. The molecule has 5 aromatic rings. The van der Waals surface area contributed by atoms with Crippen LogP contribution in [0.4, 0.5) is 11.6 Å². The Morgan fingerprint density at radius 2 is 2.00 bits per heavy atom. The lowest BCUT2D eigenvalue weighted by Crippen LogP contribution is -2.23. The molecule has 4 heterocycles. The van der Waals surface area contributed by atoms with Gasteiger partial charge in [0.25, 0.3) is 5.91 Å². The van der Waals surface area contributed by atoms with Gasteiger partial charge in [-0.15, -0.1) is 0 Å². The van der Waals surface area contributed by atoms with Crippen LogP contribution in [0, 0.1) is 6.92 Å². The maximum atomic E-state index is 12.9. The third-order valence-corrected chi connectivity index (χ3v) is 6.27. The number of oxazole rings is 1. The Kier molecular flexibility index (Phi) is 6.01. The predicted molar refractivity (Wildman–Crippen MR) is 148 cm³/mol. The Morgan fingerprint density at radius 3 is 2.89 bits per heavy atom. The summed E-state index contributed by atoms with van der Waals surface area (Å²) in [6, 6.07) is 15.1. The highest BCUT2D eigenvalue weighted by molar-refractivity contribution is 5.99. The molecule has 0 atom stereocenters. The molecule has 0 fully saturated rings. The number of para-hydroxylation sites is 2. The zero-order valence-corrected chi connectivity index (χ0v) is 20.9. The number of carbonyl (C=O) groups excluding carboxylic acids is 1. The Morgan fingerprint density at radius 1 is 1.11 bits per heavy atom. The number of aliphatic imine (C=N–C) groups is 1. The van der Waals surface area contributed by atoms with Crippen molar-refractivity contribution in [2.75, 3.05) is 5.32 Å². The van der Waals surface area contributed by atoms with Crippen LogP contribution in [0.25, 0.3) is 27.7 Å². The van der Waals surface area contributed by atoms with Crippen molar-refractivity contribution in [2.24, 2.45) is 4.99 Å². The van der Waals surface area contributed by atoms with E-state index in [2.05, 4.69) is 48.6 Å². The number of H-pyrrole nitrogens is 1. The fourth-order valence-corrected chi connectivity index (χ4v) is 4.35. The summed E-state index contributed by atoms with van der Waals surface area (Å²) in [6.45, 7) is 4.26. The van der Waals surface area contributed by atoms with Gasteiger partial charge in [0.2, 0.25) is 11.8 Å². The minimum absolute atomic E-state index is 0.193. The number of carbonyl (C=O) groups is 1. The van der Waals surface area contributed by atoms with Crippen molar-refractivity contribution in [1.82, 2.24) is 25.3 Å². The van der Waals surface area contributed by atoms with E-state index in [1.165, 1.54) is 5.57 Å². The van der Waals surface area contributed by atoms with E-state index in [0.29, 0.717) is 23.1 Å². The molecule has 3 N–H and O–H groups in total. The summed E-state index contributed by atoms with van der Waals surface area (Å²) in [6.07, 6.45) is 8.41. The van der Waals surface area contributed by atoms with Gasteiger partial charge >= 0.3 is 0 Å². The molecule has 188 valence electrons. The Labute approximate surface area is 218 Å². The molecule has 1 aliphatic rings. The Hall–Kier alpha value is -5.05. The molecule has 2 aromatic carbocycles. The average molecular weight is 504 g/mol. The first kappa shape index (κ1) is 23.4. The summed E-state index contributed by atoms with van der Waals surface area (Å²) >= 11 is 0. The van der Waals surface area contributed by atoms with Gasteiger partial charge in [0.15, 0.2) is 5.58 Å². The van der Waals surface area contributed by atoms with Gasteiger partial charge in [-0.1, -0.05) is 23.8 Å². The van der Waals surface area contributed by atoms with Crippen molar-refractivity contribution in [1.29, 1.82) is 0 Å². The third-order valence-electron chi connectivity index (χ3n) is 6.27. The zero-order chi connectivity index (χ0) is 26.1. The monoisotopic (exact) mass is 503 g/mol. The predicted octanol–water partition coefficient (Wildman–Crippen LogP) is 5.84. The normalized spacial score (nSPS) is 13.3. The van der Waals surface area contributed by atoms with E-state index < -0.39 is 0 Å². The molecular weight excluding hydrogens is 478 g/mol. The number of amides is 1. The van der Waals surface area contributed by atoms with Crippen LogP contribution in [-0.4, -0.2) is 32.1 Å². The quantitative estimate of drug-likeness (QED) is 0.268. The van der Waals surface area contributed by atoms with E-state index in [4.69, 9.17) is 4.42 Å². The van der Waals surface area contributed by atoms with Crippen LogP contribution < -0.4 is 10.6 Å². The highest BCUT2D eigenvalue weighted by Gasteiger charge is 2.14. The van der Waals surface area contributed by atoms with Crippen molar-refractivity contribution < 1.29 is 9.21 Å². The molecule has 38 heavy (non-hydrogen) atoms. The van der Waals surface area contributed by atoms with E-state index in [1.54, 1.807) is 12.4 Å². The number of fused-ring (bicyclic) bond motifs is 2. The molecule has 0 saturated carbocycles. The smallest absolute Gasteiger partial charge is 0.268 e. The van der Waals surface area contributed by atoms with Gasteiger partial charge in [-0.25, -0.2) is 15.0 Å². The number of aryl methyl sites for hydroxylation is 1. The molecule has 1 aliphatic heterocycles. The summed E-state index contributed by atoms with van der Waals surface area (Å²) < 4.78 is 5.69. The van der Waals surface area contributed by atoms with Gasteiger partial charge in [0.1, 0.15) is 11.2 Å². The van der Waals surface area contributed by atoms with Crippen LogP contribution in [0.2, 0.25) is 0 Å². The number of benzene rings is 2. The van der Waals surface area contributed by atoms with E-state index in [-0.39, 0.29) is 12.5 Å². The van der Waals surface area contributed by atoms with Crippen molar-refractivity contribution >= 4 is 51.5 Å². The minimum atomic E-state index is -0.240. The SMILES string of the molecule is CC1=CC=NC(c2ccnc(Nc3cc(C)c4[nH]c(C(=O)NCc5nc6ccccc6o5)cc4c3)n2)=CC1. The number of nitrogens with one attached hydrogen (secondary N) is 3. The number of hydrogen-bond acceptors (Lipinski definition) is 7. The second kappa shape index (κ2) is 9.78. The summed E-state index contributed by atoms with van der Waals surface area (Å²) in [4.78, 5) is 34.0. The molecule has 1 amide bonds. The number of rotatable bonds is 6. The fraction of sp³-hybridized carbons (Fsp3) is 0.138. The Bertz CT molecular complexity index is 1740. The van der Waals surface area contributed by atoms with Gasteiger partial charge in [0.05, 0.1) is 17.9 Å². The maximum Gasteiger partial charge on any atom is 0.268 e. The largest absolute Gasteiger partial charge is 0.439 e. The molecule has 0 spiro atoms. The van der Waals surface area contributed by atoms with E-state index in [0.717, 1.165) is 45.5 Å². The van der Waals surface area contributed by atoms with Gasteiger partial charge in [-0.3, -0.25) is 9.79 Å². The molecule has 9 heteroatoms. The van der Waals surface area contributed by atoms with Gasteiger partial charge in [0, 0.05) is 29.0 Å². The third kappa shape index (κ3) is 4.81. The lowest BCUT2D eigenvalue weighted by Gasteiger charge is -2.08. The van der Waals surface area contributed by atoms with Crippen molar-refractivity contribution in [3.8, 4) is 0 Å². The molecule has 0 unspecified atom stereocenters. The molecule has 9 nitrogen and oxygen atoms in total. The van der Waals surface area contributed by atoms with E-state index >= 15 is 0 Å². The van der Waals surface area contributed by atoms with E-state index in [1.807, 2.05) is 61.5 Å². The molecule has 3 aromatic heterocycles. The first-order valence-corrected chi connectivity index (χ1v) is 12.3. The highest BCUT2D eigenvalue weighted by Crippen LogP contribution is 2.26. The number of nitrogens with zero attached hydrogens (tertiary/aromatic N) is 4. The van der Waals surface area contributed by atoms with Gasteiger partial charge < -0.3 is 20.0 Å². The maximum absolute atomic E-state index is 12.9. The molecular formula is C29H25N7O2. The second-order valence-corrected chi connectivity index (χ2v) is 9.17. The summed E-state index contributed by atoms with van der Waals surface area (Å²) in [7, 11) is 0. The zero-order valence-electron chi connectivity index (χ0n) is 20.9. The van der Waals surface area contributed by atoms with Gasteiger partial charge in [-0.2, -0.15) is 0 Å². The summed E-state index contributed by atoms with van der Waals surface area (Å²) in [5, 5.41) is 7.06. The molecule has 0 saturated heterocycles. The number of anilines is 2. The number of aromatic amines is 1. The topological polar surface area (TPSA) is 121 Å². The molecule has 6 rings (SSSR count).